The first kappa shape index (κ1) is 15.3. The number of aryl methyl sites for hydroxylation is 1. The van der Waals surface area contributed by atoms with E-state index in [-0.39, 0.29) is 0 Å². The summed E-state index contributed by atoms with van der Waals surface area (Å²) in [6, 6.07) is 9.89. The van der Waals surface area contributed by atoms with Crippen molar-refractivity contribution in [1.29, 1.82) is 0 Å². The van der Waals surface area contributed by atoms with Gasteiger partial charge in [0.2, 0.25) is 0 Å². The fourth-order valence-corrected chi connectivity index (χ4v) is 3.04. The van der Waals surface area contributed by atoms with E-state index in [2.05, 4.69) is 48.3 Å². The summed E-state index contributed by atoms with van der Waals surface area (Å²) < 4.78 is 5.29. The van der Waals surface area contributed by atoms with Gasteiger partial charge in [-0.2, -0.15) is 0 Å². The van der Waals surface area contributed by atoms with E-state index < -0.39 is 0 Å². The van der Waals surface area contributed by atoms with Crippen molar-refractivity contribution in [2.75, 3.05) is 32.1 Å². The smallest absolute Gasteiger partial charge is 0.0589 e. The van der Waals surface area contributed by atoms with Gasteiger partial charge >= 0.3 is 0 Å². The van der Waals surface area contributed by atoms with Gasteiger partial charge < -0.3 is 10.1 Å². The molecule has 0 aromatic heterocycles. The Bertz CT molecular complexity index is 381. The van der Waals surface area contributed by atoms with Crippen LogP contribution in [0.15, 0.2) is 24.3 Å². The Hall–Kier alpha value is -1.06. The average molecular weight is 276 g/mol. The molecule has 0 radical (unpaired) electrons. The first-order valence-electron chi connectivity index (χ1n) is 7.82. The number of rotatable bonds is 6. The van der Waals surface area contributed by atoms with Crippen molar-refractivity contribution in [3.05, 3.63) is 29.8 Å². The Morgan fingerprint density at radius 1 is 1.40 bits per heavy atom. The van der Waals surface area contributed by atoms with Crippen molar-refractivity contribution in [1.82, 2.24) is 4.90 Å². The third-order valence-electron chi connectivity index (χ3n) is 4.47. The predicted molar refractivity (Wildman–Crippen MR) is 85.4 cm³/mol. The molecule has 0 spiro atoms. The molecular formula is C17H28N2O. The fraction of sp³-hybridized carbons (Fsp3) is 0.647. The Kier molecular flexibility index (Phi) is 5.86. The van der Waals surface area contributed by atoms with E-state index in [1.807, 2.05) is 0 Å². The topological polar surface area (TPSA) is 24.5 Å². The SMILES string of the molecule is CCC(C)N(CCOC)C1CCc2ccccc2NC1. The van der Waals surface area contributed by atoms with Crippen LogP contribution < -0.4 is 5.32 Å². The number of nitrogens with zero attached hydrogens (tertiary/aromatic N) is 1. The van der Waals surface area contributed by atoms with E-state index in [9.17, 15) is 0 Å². The summed E-state index contributed by atoms with van der Waals surface area (Å²) in [6.07, 6.45) is 3.57. The first-order valence-corrected chi connectivity index (χ1v) is 7.82. The summed E-state index contributed by atoms with van der Waals surface area (Å²) in [6.45, 7) is 7.46. The van der Waals surface area contributed by atoms with Gasteiger partial charge in [-0.25, -0.2) is 0 Å². The third-order valence-corrected chi connectivity index (χ3v) is 4.47. The maximum Gasteiger partial charge on any atom is 0.0589 e. The van der Waals surface area contributed by atoms with Crippen LogP contribution in [0.3, 0.4) is 0 Å². The van der Waals surface area contributed by atoms with Crippen LogP contribution in [0.1, 0.15) is 32.3 Å². The summed E-state index contributed by atoms with van der Waals surface area (Å²) in [4.78, 5) is 2.61. The molecule has 3 nitrogen and oxygen atoms in total. The normalized spacial score (nSPS) is 20.1. The summed E-state index contributed by atoms with van der Waals surface area (Å²) >= 11 is 0. The Morgan fingerprint density at radius 2 is 2.20 bits per heavy atom. The molecule has 0 bridgehead atoms. The van der Waals surface area contributed by atoms with Gasteiger partial charge in [0.25, 0.3) is 0 Å². The molecule has 1 aliphatic heterocycles. The van der Waals surface area contributed by atoms with Gasteiger partial charge in [0.05, 0.1) is 6.61 Å². The van der Waals surface area contributed by atoms with Gasteiger partial charge in [0.15, 0.2) is 0 Å². The van der Waals surface area contributed by atoms with Crippen molar-refractivity contribution in [2.24, 2.45) is 0 Å². The second-order valence-electron chi connectivity index (χ2n) is 5.72. The van der Waals surface area contributed by atoms with E-state index in [0.717, 1.165) is 26.1 Å². The molecule has 112 valence electrons. The molecule has 20 heavy (non-hydrogen) atoms. The molecule has 1 heterocycles. The van der Waals surface area contributed by atoms with E-state index in [4.69, 9.17) is 4.74 Å². The predicted octanol–water partition coefficient (Wildman–Crippen LogP) is 3.16. The molecule has 0 amide bonds. The molecule has 1 aromatic rings. The van der Waals surface area contributed by atoms with E-state index in [1.165, 1.54) is 24.1 Å². The van der Waals surface area contributed by atoms with Gasteiger partial charge in [-0.05, 0) is 37.8 Å². The lowest BCUT2D eigenvalue weighted by molar-refractivity contribution is 0.0891. The molecule has 3 heteroatoms. The van der Waals surface area contributed by atoms with Crippen LogP contribution in [-0.2, 0) is 11.2 Å². The molecule has 1 aliphatic rings. The summed E-state index contributed by atoms with van der Waals surface area (Å²) in [5, 5.41) is 3.63. The number of fused-ring (bicyclic) bond motifs is 1. The minimum atomic E-state index is 0.590. The molecule has 0 saturated heterocycles. The lowest BCUT2D eigenvalue weighted by atomic mass is 10.0. The molecule has 0 saturated carbocycles. The largest absolute Gasteiger partial charge is 0.383 e. The highest BCUT2D eigenvalue weighted by Gasteiger charge is 2.24. The third kappa shape index (κ3) is 3.74. The van der Waals surface area contributed by atoms with Crippen LogP contribution in [0.4, 0.5) is 5.69 Å². The zero-order chi connectivity index (χ0) is 14.4. The van der Waals surface area contributed by atoms with Crippen LogP contribution in [0.5, 0.6) is 0 Å². The lowest BCUT2D eigenvalue weighted by Gasteiger charge is -2.35. The highest BCUT2D eigenvalue weighted by atomic mass is 16.5. The van der Waals surface area contributed by atoms with Crippen molar-refractivity contribution in [3.8, 4) is 0 Å². The van der Waals surface area contributed by atoms with Crippen LogP contribution in [0.2, 0.25) is 0 Å². The second kappa shape index (κ2) is 7.65. The number of hydrogen-bond acceptors (Lipinski definition) is 3. The molecule has 0 fully saturated rings. The maximum atomic E-state index is 5.29. The number of anilines is 1. The Labute approximate surface area is 123 Å². The van der Waals surface area contributed by atoms with Crippen LogP contribution >= 0.6 is 0 Å². The van der Waals surface area contributed by atoms with Crippen LogP contribution in [0, 0.1) is 0 Å². The molecule has 1 N–H and O–H groups in total. The van der Waals surface area contributed by atoms with E-state index >= 15 is 0 Å². The maximum absolute atomic E-state index is 5.29. The number of para-hydroxylation sites is 1. The number of benzene rings is 1. The highest BCUT2D eigenvalue weighted by Crippen LogP contribution is 2.24. The monoisotopic (exact) mass is 276 g/mol. The van der Waals surface area contributed by atoms with Crippen LogP contribution in [0.25, 0.3) is 0 Å². The Morgan fingerprint density at radius 3 is 2.95 bits per heavy atom. The highest BCUT2D eigenvalue weighted by molar-refractivity contribution is 5.52. The molecule has 2 atom stereocenters. The average Bonchev–Trinajstić information content (AvgIpc) is 2.70. The number of hydrogen-bond donors (Lipinski definition) is 1. The number of ether oxygens (including phenoxy) is 1. The minimum Gasteiger partial charge on any atom is -0.383 e. The fourth-order valence-electron chi connectivity index (χ4n) is 3.04. The van der Waals surface area contributed by atoms with Crippen molar-refractivity contribution < 1.29 is 4.74 Å². The van der Waals surface area contributed by atoms with Crippen molar-refractivity contribution in [3.63, 3.8) is 0 Å². The Balaban J connectivity index is 2.04. The minimum absolute atomic E-state index is 0.590. The zero-order valence-electron chi connectivity index (χ0n) is 13.1. The summed E-state index contributed by atoms with van der Waals surface area (Å²) in [7, 11) is 1.79. The molecular weight excluding hydrogens is 248 g/mol. The molecule has 2 rings (SSSR count). The van der Waals surface area contributed by atoms with Gasteiger partial charge in [0.1, 0.15) is 0 Å². The van der Waals surface area contributed by atoms with E-state index in [1.54, 1.807) is 7.11 Å². The molecule has 2 unspecified atom stereocenters. The number of nitrogens with one attached hydrogen (secondary N) is 1. The van der Waals surface area contributed by atoms with Gasteiger partial charge in [-0.1, -0.05) is 25.1 Å². The number of methoxy groups -OCH3 is 1. The van der Waals surface area contributed by atoms with Crippen LogP contribution in [-0.4, -0.2) is 43.8 Å². The van der Waals surface area contributed by atoms with E-state index in [0.29, 0.717) is 12.1 Å². The molecule has 1 aromatic carbocycles. The zero-order valence-corrected chi connectivity index (χ0v) is 13.1. The van der Waals surface area contributed by atoms with Crippen molar-refractivity contribution in [2.45, 2.75) is 45.2 Å². The second-order valence-corrected chi connectivity index (χ2v) is 5.72. The first-order chi connectivity index (χ1) is 9.76. The van der Waals surface area contributed by atoms with Gasteiger partial charge in [0, 0.05) is 38.0 Å². The van der Waals surface area contributed by atoms with Gasteiger partial charge in [-0.3, -0.25) is 4.90 Å². The molecule has 0 aliphatic carbocycles. The van der Waals surface area contributed by atoms with Crippen molar-refractivity contribution >= 4 is 5.69 Å². The van der Waals surface area contributed by atoms with Gasteiger partial charge in [-0.15, -0.1) is 0 Å². The lowest BCUT2D eigenvalue weighted by Crippen LogP contribution is -2.46. The summed E-state index contributed by atoms with van der Waals surface area (Å²) in [5.74, 6) is 0. The standard InChI is InChI=1S/C17H28N2O/c1-4-14(2)19(11-12-20-3)16-10-9-15-7-5-6-8-17(15)18-13-16/h5-8,14,16,18H,4,9-13H2,1-3H3. The quantitative estimate of drug-likeness (QED) is 0.864. The summed E-state index contributed by atoms with van der Waals surface area (Å²) in [5.41, 5.74) is 2.76.